The Morgan fingerprint density at radius 2 is 2.05 bits per heavy atom. The maximum Gasteiger partial charge on any atom is 0.326 e. The molecule has 3 unspecified atom stereocenters. The minimum Gasteiger partial charge on any atom is -0.497 e. The highest BCUT2D eigenvalue weighted by atomic mass is 16.5. The smallest absolute Gasteiger partial charge is 0.326 e. The zero-order valence-corrected chi connectivity index (χ0v) is 11.6. The van der Waals surface area contributed by atoms with Gasteiger partial charge in [0.15, 0.2) is 0 Å². The number of carbonyl (C=O) groups is 2. The van der Waals surface area contributed by atoms with Gasteiger partial charge in [0.05, 0.1) is 7.11 Å². The molecule has 0 radical (unpaired) electrons. The Kier molecular flexibility index (Phi) is 4.27. The number of rotatable bonds is 6. The van der Waals surface area contributed by atoms with E-state index in [1.165, 1.54) is 0 Å². The molecule has 1 aromatic rings. The van der Waals surface area contributed by atoms with Crippen molar-refractivity contribution in [2.45, 2.75) is 31.7 Å². The van der Waals surface area contributed by atoms with Crippen molar-refractivity contribution >= 4 is 11.9 Å². The summed E-state index contributed by atoms with van der Waals surface area (Å²) in [7, 11) is 1.61. The number of methoxy groups -OCH3 is 1. The molecule has 0 saturated heterocycles. The van der Waals surface area contributed by atoms with E-state index in [9.17, 15) is 9.59 Å². The zero-order valence-electron chi connectivity index (χ0n) is 11.6. The van der Waals surface area contributed by atoms with Crippen LogP contribution >= 0.6 is 0 Å². The summed E-state index contributed by atoms with van der Waals surface area (Å²) in [5, 5.41) is 11.5. The van der Waals surface area contributed by atoms with Crippen molar-refractivity contribution in [1.29, 1.82) is 0 Å². The number of carboxylic acid groups (broad SMARTS) is 1. The topological polar surface area (TPSA) is 75.6 Å². The number of aliphatic carboxylic acids is 1. The van der Waals surface area contributed by atoms with Gasteiger partial charge in [-0.1, -0.05) is 19.1 Å². The van der Waals surface area contributed by atoms with Gasteiger partial charge in [-0.3, -0.25) is 4.79 Å². The summed E-state index contributed by atoms with van der Waals surface area (Å²) >= 11 is 0. The van der Waals surface area contributed by atoms with Crippen LogP contribution in [0.15, 0.2) is 24.3 Å². The number of benzene rings is 1. The Morgan fingerprint density at radius 1 is 1.40 bits per heavy atom. The summed E-state index contributed by atoms with van der Waals surface area (Å²) in [6, 6.07) is 6.85. The third-order valence-corrected chi connectivity index (χ3v) is 3.69. The second-order valence-corrected chi connectivity index (χ2v) is 5.03. The van der Waals surface area contributed by atoms with E-state index in [-0.39, 0.29) is 17.7 Å². The Hall–Kier alpha value is -2.04. The van der Waals surface area contributed by atoms with Gasteiger partial charge < -0.3 is 15.2 Å². The van der Waals surface area contributed by atoms with Crippen LogP contribution in [0.1, 0.15) is 31.2 Å². The normalized spacial score (nSPS) is 21.9. The van der Waals surface area contributed by atoms with Crippen molar-refractivity contribution in [2.75, 3.05) is 7.11 Å². The summed E-state index contributed by atoms with van der Waals surface area (Å²) in [5.74, 6) is -0.293. The lowest BCUT2D eigenvalue weighted by Crippen LogP contribution is -2.41. The second-order valence-electron chi connectivity index (χ2n) is 5.03. The number of hydrogen-bond acceptors (Lipinski definition) is 3. The molecule has 0 aromatic heterocycles. The molecule has 0 bridgehead atoms. The van der Waals surface area contributed by atoms with Gasteiger partial charge in [-0.05, 0) is 36.5 Å². The molecule has 1 aliphatic rings. The summed E-state index contributed by atoms with van der Waals surface area (Å²) < 4.78 is 5.09. The average Bonchev–Trinajstić information content (AvgIpc) is 3.24. The number of carboxylic acids is 1. The first-order chi connectivity index (χ1) is 9.56. The molecule has 0 heterocycles. The lowest BCUT2D eigenvalue weighted by atomic mass is 10.1. The van der Waals surface area contributed by atoms with Crippen molar-refractivity contribution < 1.29 is 19.4 Å². The molecule has 0 spiro atoms. The quantitative estimate of drug-likeness (QED) is 0.831. The molecule has 0 aliphatic heterocycles. The molecular formula is C15H19NO4. The highest BCUT2D eigenvalue weighted by Gasteiger charge is 2.44. The summed E-state index contributed by atoms with van der Waals surface area (Å²) in [4.78, 5) is 22.9. The molecule has 1 aromatic carbocycles. The fourth-order valence-corrected chi connectivity index (χ4v) is 2.32. The van der Waals surface area contributed by atoms with Crippen LogP contribution in [0.3, 0.4) is 0 Å². The van der Waals surface area contributed by atoms with Crippen molar-refractivity contribution in [3.05, 3.63) is 29.8 Å². The minimum absolute atomic E-state index is 0.114. The molecular weight excluding hydrogens is 258 g/mol. The van der Waals surface area contributed by atoms with E-state index in [1.54, 1.807) is 14.0 Å². The number of amides is 1. The van der Waals surface area contributed by atoms with Gasteiger partial charge in [0, 0.05) is 5.92 Å². The second kappa shape index (κ2) is 5.94. The molecule has 5 heteroatoms. The van der Waals surface area contributed by atoms with Gasteiger partial charge in [0.25, 0.3) is 0 Å². The maximum absolute atomic E-state index is 12.0. The van der Waals surface area contributed by atoms with Crippen LogP contribution < -0.4 is 10.1 Å². The lowest BCUT2D eigenvalue weighted by Gasteiger charge is -2.12. The van der Waals surface area contributed by atoms with Crippen LogP contribution in [-0.4, -0.2) is 30.1 Å². The molecule has 2 rings (SSSR count). The fourth-order valence-electron chi connectivity index (χ4n) is 2.32. The van der Waals surface area contributed by atoms with Crippen LogP contribution in [0.2, 0.25) is 0 Å². The third kappa shape index (κ3) is 3.10. The molecule has 3 atom stereocenters. The van der Waals surface area contributed by atoms with Crippen LogP contribution in [0.25, 0.3) is 0 Å². The standard InChI is InChI=1S/C15H19NO4/c1-3-13(15(18)19)16-14(17)12-8-11(12)9-4-6-10(20-2)7-5-9/h4-7,11-13H,3,8H2,1-2H3,(H,16,17)(H,18,19). The van der Waals surface area contributed by atoms with Crippen LogP contribution in [0.4, 0.5) is 0 Å². The van der Waals surface area contributed by atoms with Gasteiger partial charge >= 0.3 is 5.97 Å². The first-order valence-electron chi connectivity index (χ1n) is 6.74. The number of ether oxygens (including phenoxy) is 1. The number of nitrogens with one attached hydrogen (secondary N) is 1. The molecule has 1 amide bonds. The van der Waals surface area contributed by atoms with E-state index in [0.717, 1.165) is 17.7 Å². The largest absolute Gasteiger partial charge is 0.497 e. The molecule has 1 saturated carbocycles. The van der Waals surface area contributed by atoms with Crippen molar-refractivity contribution in [3.63, 3.8) is 0 Å². The first-order valence-corrected chi connectivity index (χ1v) is 6.74. The Balaban J connectivity index is 1.93. The van der Waals surface area contributed by atoms with Gasteiger partial charge in [-0.15, -0.1) is 0 Å². The third-order valence-electron chi connectivity index (χ3n) is 3.69. The Morgan fingerprint density at radius 3 is 2.55 bits per heavy atom. The molecule has 1 aliphatic carbocycles. The Labute approximate surface area is 117 Å². The van der Waals surface area contributed by atoms with Crippen LogP contribution in [-0.2, 0) is 9.59 Å². The van der Waals surface area contributed by atoms with Gasteiger partial charge in [0.2, 0.25) is 5.91 Å². The van der Waals surface area contributed by atoms with Crippen molar-refractivity contribution in [2.24, 2.45) is 5.92 Å². The van der Waals surface area contributed by atoms with Crippen molar-refractivity contribution in [1.82, 2.24) is 5.32 Å². The lowest BCUT2D eigenvalue weighted by molar-refractivity contribution is -0.142. The number of hydrogen-bond donors (Lipinski definition) is 2. The summed E-state index contributed by atoms with van der Waals surface area (Å²) in [6.45, 7) is 1.74. The number of carbonyl (C=O) groups excluding carboxylic acids is 1. The highest BCUT2D eigenvalue weighted by molar-refractivity contribution is 5.87. The molecule has 5 nitrogen and oxygen atoms in total. The van der Waals surface area contributed by atoms with E-state index in [1.807, 2.05) is 24.3 Å². The van der Waals surface area contributed by atoms with Crippen LogP contribution in [0, 0.1) is 5.92 Å². The van der Waals surface area contributed by atoms with Gasteiger partial charge in [-0.25, -0.2) is 4.79 Å². The van der Waals surface area contributed by atoms with Gasteiger partial charge in [0.1, 0.15) is 11.8 Å². The zero-order chi connectivity index (χ0) is 14.7. The van der Waals surface area contributed by atoms with E-state index in [0.29, 0.717) is 6.42 Å². The van der Waals surface area contributed by atoms with E-state index >= 15 is 0 Å². The van der Waals surface area contributed by atoms with Crippen LogP contribution in [0.5, 0.6) is 5.75 Å². The fraction of sp³-hybridized carbons (Fsp3) is 0.467. The Bertz CT molecular complexity index is 497. The molecule has 20 heavy (non-hydrogen) atoms. The molecule has 1 fully saturated rings. The van der Waals surface area contributed by atoms with Gasteiger partial charge in [-0.2, -0.15) is 0 Å². The SMILES string of the molecule is CCC(NC(=O)C1CC1c1ccc(OC)cc1)C(=O)O. The van der Waals surface area contributed by atoms with Crippen molar-refractivity contribution in [3.8, 4) is 5.75 Å². The summed E-state index contributed by atoms with van der Waals surface area (Å²) in [5.41, 5.74) is 1.09. The van der Waals surface area contributed by atoms with E-state index < -0.39 is 12.0 Å². The monoisotopic (exact) mass is 277 g/mol. The highest BCUT2D eigenvalue weighted by Crippen LogP contribution is 2.47. The average molecular weight is 277 g/mol. The first kappa shape index (κ1) is 14.4. The predicted octanol–water partition coefficient (Wildman–Crippen LogP) is 1.78. The molecule has 2 N–H and O–H groups in total. The van der Waals surface area contributed by atoms with E-state index in [4.69, 9.17) is 9.84 Å². The molecule has 108 valence electrons. The maximum atomic E-state index is 12.0. The minimum atomic E-state index is -0.984. The predicted molar refractivity (Wildman–Crippen MR) is 73.7 cm³/mol. The summed E-state index contributed by atoms with van der Waals surface area (Å²) in [6.07, 6.45) is 1.16. The van der Waals surface area contributed by atoms with E-state index in [2.05, 4.69) is 5.32 Å².